The molecule has 0 spiro atoms. The second kappa shape index (κ2) is 9.58. The van der Waals surface area contributed by atoms with Gasteiger partial charge in [0.1, 0.15) is 0 Å². The molecule has 1 fully saturated rings. The third-order valence-electron chi connectivity index (χ3n) is 6.35. The van der Waals surface area contributed by atoms with Crippen LogP contribution in [0.1, 0.15) is 21.5 Å². The molecule has 2 heterocycles. The van der Waals surface area contributed by atoms with E-state index in [4.69, 9.17) is 4.74 Å². The van der Waals surface area contributed by atoms with Gasteiger partial charge >= 0.3 is 0 Å². The molecule has 7 nitrogen and oxygen atoms in total. The molecule has 0 aromatic heterocycles. The van der Waals surface area contributed by atoms with Crippen LogP contribution in [0.15, 0.2) is 77.7 Å². The van der Waals surface area contributed by atoms with Crippen LogP contribution in [-0.4, -0.2) is 51.5 Å². The van der Waals surface area contributed by atoms with Gasteiger partial charge in [0, 0.05) is 43.1 Å². The Balaban J connectivity index is 1.22. The number of amides is 1. The Labute approximate surface area is 200 Å². The highest BCUT2D eigenvalue weighted by Crippen LogP contribution is 2.25. The average molecular weight is 478 g/mol. The Morgan fingerprint density at radius 3 is 2.21 bits per heavy atom. The summed E-state index contributed by atoms with van der Waals surface area (Å²) in [5, 5.41) is 2.85. The van der Waals surface area contributed by atoms with Crippen LogP contribution >= 0.6 is 0 Å². The van der Waals surface area contributed by atoms with E-state index in [1.54, 1.807) is 12.1 Å². The molecule has 0 bridgehead atoms. The largest absolute Gasteiger partial charge is 0.379 e. The number of carbonyl (C=O) groups is 1. The van der Waals surface area contributed by atoms with Gasteiger partial charge in [0.25, 0.3) is 5.91 Å². The van der Waals surface area contributed by atoms with Crippen molar-refractivity contribution < 1.29 is 17.9 Å². The van der Waals surface area contributed by atoms with Gasteiger partial charge in [-0.3, -0.25) is 4.79 Å². The van der Waals surface area contributed by atoms with E-state index in [9.17, 15) is 13.2 Å². The van der Waals surface area contributed by atoms with Crippen LogP contribution in [0.3, 0.4) is 0 Å². The number of ether oxygens (including phenoxy) is 1. The fourth-order valence-electron chi connectivity index (χ4n) is 4.39. The third-order valence-corrected chi connectivity index (χ3v) is 8.26. The molecule has 2 aliphatic heterocycles. The van der Waals surface area contributed by atoms with Crippen LogP contribution in [0.25, 0.3) is 0 Å². The Kier molecular flexibility index (Phi) is 6.36. The van der Waals surface area contributed by atoms with E-state index in [1.165, 1.54) is 27.6 Å². The zero-order chi connectivity index (χ0) is 23.5. The van der Waals surface area contributed by atoms with E-state index in [1.807, 2.05) is 24.3 Å². The van der Waals surface area contributed by atoms with Crippen molar-refractivity contribution in [3.63, 3.8) is 0 Å². The molecular weight excluding hydrogens is 450 g/mol. The molecule has 1 N–H and O–H groups in total. The maximum absolute atomic E-state index is 12.8. The number of hydrogen-bond acceptors (Lipinski definition) is 5. The van der Waals surface area contributed by atoms with Crippen LogP contribution in [0.4, 0.5) is 11.4 Å². The Hall–Kier alpha value is -3.20. The fourth-order valence-corrected chi connectivity index (χ4v) is 5.80. The number of anilines is 2. The van der Waals surface area contributed by atoms with Crippen molar-refractivity contribution in [2.45, 2.75) is 17.9 Å². The highest BCUT2D eigenvalue weighted by atomic mass is 32.2. The SMILES string of the molecule is O=C(Nc1ccc(S(=O)(=O)N2CCOCC2)cc1)c1ccc(N2CCc3ccccc3C2)cc1. The molecule has 5 rings (SSSR count). The molecule has 34 heavy (non-hydrogen) atoms. The molecule has 0 radical (unpaired) electrons. The van der Waals surface area contributed by atoms with Gasteiger partial charge in [0.15, 0.2) is 0 Å². The quantitative estimate of drug-likeness (QED) is 0.608. The summed E-state index contributed by atoms with van der Waals surface area (Å²) >= 11 is 0. The summed E-state index contributed by atoms with van der Waals surface area (Å²) in [5.74, 6) is -0.237. The molecule has 0 unspecified atom stereocenters. The molecule has 0 saturated carbocycles. The summed E-state index contributed by atoms with van der Waals surface area (Å²) in [7, 11) is -3.56. The molecule has 0 aliphatic carbocycles. The lowest BCUT2D eigenvalue weighted by atomic mass is 9.99. The van der Waals surface area contributed by atoms with E-state index in [0.717, 1.165) is 25.2 Å². The molecule has 3 aromatic rings. The Morgan fingerprint density at radius 2 is 1.50 bits per heavy atom. The average Bonchev–Trinajstić information content (AvgIpc) is 2.89. The summed E-state index contributed by atoms with van der Waals surface area (Å²) in [6.45, 7) is 3.31. The molecule has 2 aliphatic rings. The normalized spacial score (nSPS) is 16.6. The van der Waals surface area contributed by atoms with Crippen molar-refractivity contribution in [1.29, 1.82) is 0 Å². The van der Waals surface area contributed by atoms with Crippen molar-refractivity contribution in [2.75, 3.05) is 43.1 Å². The van der Waals surface area contributed by atoms with E-state index < -0.39 is 10.0 Å². The first kappa shape index (κ1) is 22.6. The lowest BCUT2D eigenvalue weighted by Crippen LogP contribution is -2.40. The number of fused-ring (bicyclic) bond motifs is 1. The lowest BCUT2D eigenvalue weighted by Gasteiger charge is -2.30. The highest BCUT2D eigenvalue weighted by Gasteiger charge is 2.26. The van der Waals surface area contributed by atoms with Crippen molar-refractivity contribution in [2.24, 2.45) is 0 Å². The van der Waals surface area contributed by atoms with Gasteiger partial charge in [-0.2, -0.15) is 4.31 Å². The first-order valence-corrected chi connectivity index (χ1v) is 12.9. The van der Waals surface area contributed by atoms with Gasteiger partial charge in [0.05, 0.1) is 18.1 Å². The number of hydrogen-bond donors (Lipinski definition) is 1. The smallest absolute Gasteiger partial charge is 0.255 e. The van der Waals surface area contributed by atoms with Gasteiger partial charge in [-0.25, -0.2) is 8.42 Å². The summed E-state index contributed by atoms with van der Waals surface area (Å²) < 4.78 is 32.2. The topological polar surface area (TPSA) is 79.0 Å². The van der Waals surface area contributed by atoms with E-state index in [0.29, 0.717) is 37.6 Å². The molecular formula is C26H27N3O4S. The molecule has 8 heteroatoms. The molecule has 0 atom stereocenters. The van der Waals surface area contributed by atoms with Crippen molar-refractivity contribution in [3.05, 3.63) is 89.5 Å². The minimum absolute atomic E-state index is 0.208. The van der Waals surface area contributed by atoms with E-state index >= 15 is 0 Å². The fraction of sp³-hybridized carbons (Fsp3) is 0.269. The standard InChI is InChI=1S/C26H27N3O4S/c30-26(27-23-7-11-25(12-8-23)34(31,32)29-15-17-33-18-16-29)21-5-9-24(10-6-21)28-14-13-20-3-1-2-4-22(20)19-28/h1-12H,13-19H2,(H,27,30). The zero-order valence-corrected chi connectivity index (χ0v) is 19.6. The number of morpholine rings is 1. The zero-order valence-electron chi connectivity index (χ0n) is 18.8. The van der Waals surface area contributed by atoms with Gasteiger partial charge < -0.3 is 15.0 Å². The third kappa shape index (κ3) is 4.70. The van der Waals surface area contributed by atoms with Crippen LogP contribution in [0.2, 0.25) is 0 Å². The van der Waals surface area contributed by atoms with E-state index in [-0.39, 0.29) is 10.8 Å². The number of sulfonamides is 1. The molecule has 1 saturated heterocycles. The maximum atomic E-state index is 12.8. The maximum Gasteiger partial charge on any atom is 0.255 e. The summed E-state index contributed by atoms with van der Waals surface area (Å²) in [6, 6.07) is 22.4. The second-order valence-corrected chi connectivity index (χ2v) is 10.4. The van der Waals surface area contributed by atoms with Gasteiger partial charge in [0.2, 0.25) is 10.0 Å². The van der Waals surface area contributed by atoms with Crippen LogP contribution < -0.4 is 10.2 Å². The second-order valence-electron chi connectivity index (χ2n) is 8.48. The van der Waals surface area contributed by atoms with Crippen molar-refractivity contribution in [3.8, 4) is 0 Å². The Morgan fingerprint density at radius 1 is 0.824 bits per heavy atom. The Bertz CT molecular complexity index is 1270. The van der Waals surface area contributed by atoms with Crippen molar-refractivity contribution in [1.82, 2.24) is 4.31 Å². The number of nitrogens with zero attached hydrogens (tertiary/aromatic N) is 2. The number of nitrogens with one attached hydrogen (secondary N) is 1. The predicted molar refractivity (Wildman–Crippen MR) is 132 cm³/mol. The monoisotopic (exact) mass is 477 g/mol. The predicted octanol–water partition coefficient (Wildman–Crippen LogP) is 3.52. The molecule has 3 aromatic carbocycles. The first-order chi connectivity index (χ1) is 16.5. The molecule has 176 valence electrons. The van der Waals surface area contributed by atoms with Gasteiger partial charge in [-0.15, -0.1) is 0 Å². The number of benzene rings is 3. The van der Waals surface area contributed by atoms with Gasteiger partial charge in [-0.05, 0) is 66.1 Å². The van der Waals surface area contributed by atoms with Crippen molar-refractivity contribution >= 4 is 27.3 Å². The first-order valence-electron chi connectivity index (χ1n) is 11.4. The highest BCUT2D eigenvalue weighted by molar-refractivity contribution is 7.89. The molecule has 1 amide bonds. The van der Waals surface area contributed by atoms with Gasteiger partial charge in [-0.1, -0.05) is 24.3 Å². The summed E-state index contributed by atoms with van der Waals surface area (Å²) in [5.41, 5.74) is 4.92. The number of rotatable bonds is 5. The summed E-state index contributed by atoms with van der Waals surface area (Å²) in [4.78, 5) is 15.3. The van der Waals surface area contributed by atoms with Crippen LogP contribution in [-0.2, 0) is 27.7 Å². The number of carbonyl (C=O) groups excluding carboxylic acids is 1. The lowest BCUT2D eigenvalue weighted by molar-refractivity contribution is 0.0730. The van der Waals surface area contributed by atoms with Crippen LogP contribution in [0.5, 0.6) is 0 Å². The minimum atomic E-state index is -3.56. The van der Waals surface area contributed by atoms with Crippen LogP contribution in [0, 0.1) is 0 Å². The van der Waals surface area contributed by atoms with E-state index in [2.05, 4.69) is 34.5 Å². The minimum Gasteiger partial charge on any atom is -0.379 e. The summed E-state index contributed by atoms with van der Waals surface area (Å²) in [6.07, 6.45) is 1.01.